The molecule has 1 aromatic carbocycles. The second-order valence-corrected chi connectivity index (χ2v) is 9.22. The Hall–Kier alpha value is -3.04. The molecule has 1 N–H and O–H groups in total. The van der Waals surface area contributed by atoms with Gasteiger partial charge in [0, 0.05) is 12.7 Å². The molecule has 0 atom stereocenters. The molecule has 9 heteroatoms. The molecule has 5 rings (SSSR count). The van der Waals surface area contributed by atoms with Crippen LogP contribution in [-0.2, 0) is 16.6 Å². The molecule has 0 bridgehead atoms. The third-order valence-corrected chi connectivity index (χ3v) is 7.09. The fraction of sp³-hybridized carbons (Fsp3) is 0.250. The number of benzene rings is 1. The SMILES string of the molecule is O=C(Nc1cccnc1)c1ncn2c1CN(CC1CC1)S(=O)(=O)c1ccccc1-2. The van der Waals surface area contributed by atoms with E-state index in [4.69, 9.17) is 0 Å². The van der Waals surface area contributed by atoms with Gasteiger partial charge in [-0.15, -0.1) is 0 Å². The van der Waals surface area contributed by atoms with Crippen molar-refractivity contribution >= 4 is 21.6 Å². The van der Waals surface area contributed by atoms with Crippen molar-refractivity contribution in [3.63, 3.8) is 0 Å². The van der Waals surface area contributed by atoms with Crippen LogP contribution in [0.15, 0.2) is 60.0 Å². The number of imidazole rings is 1. The molecule has 3 aromatic rings. The summed E-state index contributed by atoms with van der Waals surface area (Å²) in [5, 5.41) is 2.78. The number of nitrogens with one attached hydrogen (secondary N) is 1. The van der Waals surface area contributed by atoms with Gasteiger partial charge in [0.1, 0.15) is 11.2 Å². The highest BCUT2D eigenvalue weighted by Crippen LogP contribution is 2.36. The van der Waals surface area contributed by atoms with Crippen molar-refractivity contribution in [2.45, 2.75) is 24.3 Å². The minimum absolute atomic E-state index is 0.101. The van der Waals surface area contributed by atoms with Crippen LogP contribution in [0.1, 0.15) is 29.0 Å². The number of para-hydroxylation sites is 1. The van der Waals surface area contributed by atoms with Crippen molar-refractivity contribution in [3.8, 4) is 5.69 Å². The molecular weight excluding hydrogens is 390 g/mol. The highest BCUT2D eigenvalue weighted by molar-refractivity contribution is 7.89. The van der Waals surface area contributed by atoms with Crippen LogP contribution in [0.5, 0.6) is 0 Å². The molecule has 0 saturated heterocycles. The Bertz CT molecular complexity index is 1190. The third kappa shape index (κ3) is 3.22. The zero-order valence-electron chi connectivity index (χ0n) is 15.5. The molecule has 1 fully saturated rings. The molecule has 148 valence electrons. The average Bonchev–Trinajstić information content (AvgIpc) is 3.46. The molecule has 0 unspecified atom stereocenters. The number of pyridine rings is 1. The van der Waals surface area contributed by atoms with Gasteiger partial charge in [-0.05, 0) is 43.0 Å². The standard InChI is InChI=1S/C20H19N5O3S/c26-20(23-15-4-3-9-21-10-15)19-17-12-24(11-14-7-8-14)29(27,28)18-6-2-1-5-16(18)25(17)13-22-19/h1-6,9-10,13-14H,7-8,11-12H2,(H,23,26). The van der Waals surface area contributed by atoms with Crippen molar-refractivity contribution in [2.24, 2.45) is 5.92 Å². The van der Waals surface area contributed by atoms with Gasteiger partial charge in [-0.3, -0.25) is 14.3 Å². The number of aromatic nitrogens is 3. The fourth-order valence-electron chi connectivity index (χ4n) is 3.57. The van der Waals surface area contributed by atoms with Crippen LogP contribution in [0.4, 0.5) is 5.69 Å². The largest absolute Gasteiger partial charge is 0.319 e. The molecule has 2 aliphatic rings. The van der Waals surface area contributed by atoms with Crippen molar-refractivity contribution in [3.05, 3.63) is 66.5 Å². The highest BCUT2D eigenvalue weighted by Gasteiger charge is 2.37. The first kappa shape index (κ1) is 18.0. The molecular formula is C20H19N5O3S. The Morgan fingerprint density at radius 1 is 1.17 bits per heavy atom. The predicted molar refractivity (Wildman–Crippen MR) is 106 cm³/mol. The molecule has 3 heterocycles. The number of rotatable bonds is 4. The zero-order chi connectivity index (χ0) is 20.0. The molecule has 1 aliphatic carbocycles. The molecule has 1 amide bonds. The van der Waals surface area contributed by atoms with E-state index in [1.165, 1.54) is 10.6 Å². The van der Waals surface area contributed by atoms with Gasteiger partial charge in [-0.25, -0.2) is 13.4 Å². The van der Waals surface area contributed by atoms with Crippen LogP contribution in [0.3, 0.4) is 0 Å². The summed E-state index contributed by atoms with van der Waals surface area (Å²) in [5.41, 5.74) is 1.83. The van der Waals surface area contributed by atoms with E-state index in [0.29, 0.717) is 29.5 Å². The van der Waals surface area contributed by atoms with Gasteiger partial charge in [-0.2, -0.15) is 4.31 Å². The summed E-state index contributed by atoms with van der Waals surface area (Å²) >= 11 is 0. The van der Waals surface area contributed by atoms with Crippen molar-refractivity contribution in [2.75, 3.05) is 11.9 Å². The number of nitrogens with zero attached hydrogens (tertiary/aromatic N) is 4. The second kappa shape index (κ2) is 6.78. The summed E-state index contributed by atoms with van der Waals surface area (Å²) in [5.74, 6) is -0.0195. The van der Waals surface area contributed by atoms with Crippen molar-refractivity contribution in [1.82, 2.24) is 18.8 Å². The maximum atomic E-state index is 13.3. The maximum Gasteiger partial charge on any atom is 0.276 e. The Kier molecular flexibility index (Phi) is 4.21. The summed E-state index contributed by atoms with van der Waals surface area (Å²) in [6, 6.07) is 10.3. The minimum Gasteiger partial charge on any atom is -0.319 e. The lowest BCUT2D eigenvalue weighted by molar-refractivity contribution is 0.102. The summed E-state index contributed by atoms with van der Waals surface area (Å²) in [6.45, 7) is 0.550. The van der Waals surface area contributed by atoms with E-state index in [0.717, 1.165) is 12.8 Å². The number of sulfonamides is 1. The van der Waals surface area contributed by atoms with Gasteiger partial charge in [-0.1, -0.05) is 12.1 Å². The molecule has 8 nitrogen and oxygen atoms in total. The smallest absolute Gasteiger partial charge is 0.276 e. The van der Waals surface area contributed by atoms with E-state index in [1.807, 2.05) is 0 Å². The van der Waals surface area contributed by atoms with Crippen LogP contribution in [0.2, 0.25) is 0 Å². The predicted octanol–water partition coefficient (Wildman–Crippen LogP) is 2.43. The molecule has 2 aromatic heterocycles. The van der Waals surface area contributed by atoms with Gasteiger partial charge in [0.15, 0.2) is 5.69 Å². The van der Waals surface area contributed by atoms with Crippen molar-refractivity contribution in [1.29, 1.82) is 0 Å². The van der Waals surface area contributed by atoms with Gasteiger partial charge in [0.05, 0.1) is 29.8 Å². The molecule has 0 radical (unpaired) electrons. The van der Waals surface area contributed by atoms with Gasteiger partial charge >= 0.3 is 0 Å². The number of amides is 1. The third-order valence-electron chi connectivity index (χ3n) is 5.23. The lowest BCUT2D eigenvalue weighted by atomic mass is 10.2. The summed E-state index contributed by atoms with van der Waals surface area (Å²) < 4.78 is 29.8. The van der Waals surface area contributed by atoms with Gasteiger partial charge in [0.2, 0.25) is 10.0 Å². The average molecular weight is 409 g/mol. The first-order chi connectivity index (χ1) is 14.0. The topological polar surface area (TPSA) is 97.2 Å². The van der Waals surface area contributed by atoms with E-state index in [9.17, 15) is 13.2 Å². The molecule has 29 heavy (non-hydrogen) atoms. The Morgan fingerprint density at radius 2 is 2.00 bits per heavy atom. The number of carbonyl (C=O) groups excluding carboxylic acids is 1. The lowest BCUT2D eigenvalue weighted by Gasteiger charge is -2.20. The molecule has 1 aliphatic heterocycles. The fourth-order valence-corrected chi connectivity index (χ4v) is 5.22. The van der Waals surface area contributed by atoms with Crippen molar-refractivity contribution < 1.29 is 13.2 Å². The van der Waals surface area contributed by atoms with Gasteiger partial charge < -0.3 is 5.32 Å². The van der Waals surface area contributed by atoms with Crippen LogP contribution in [-0.4, -0.2) is 39.7 Å². The van der Waals surface area contributed by atoms with Crippen LogP contribution < -0.4 is 5.32 Å². The summed E-state index contributed by atoms with van der Waals surface area (Å²) in [4.78, 5) is 21.4. The Morgan fingerprint density at radius 3 is 2.76 bits per heavy atom. The first-order valence-corrected chi connectivity index (χ1v) is 10.8. The van der Waals surface area contributed by atoms with Crippen LogP contribution >= 0.6 is 0 Å². The number of hydrogen-bond donors (Lipinski definition) is 1. The molecule has 0 spiro atoms. The van der Waals surface area contributed by atoms with E-state index >= 15 is 0 Å². The number of carbonyl (C=O) groups is 1. The monoisotopic (exact) mass is 409 g/mol. The van der Waals surface area contributed by atoms with E-state index in [1.54, 1.807) is 53.4 Å². The van der Waals surface area contributed by atoms with E-state index in [2.05, 4.69) is 15.3 Å². The number of fused-ring (bicyclic) bond motifs is 3. The summed E-state index contributed by atoms with van der Waals surface area (Å²) in [7, 11) is -3.67. The molecule has 1 saturated carbocycles. The van der Waals surface area contributed by atoms with Crippen LogP contribution in [0, 0.1) is 5.92 Å². The minimum atomic E-state index is -3.67. The van der Waals surface area contributed by atoms with E-state index in [-0.39, 0.29) is 17.1 Å². The van der Waals surface area contributed by atoms with Crippen LogP contribution in [0.25, 0.3) is 5.69 Å². The zero-order valence-corrected chi connectivity index (χ0v) is 16.3. The quantitative estimate of drug-likeness (QED) is 0.714. The Labute approximate surface area is 168 Å². The summed E-state index contributed by atoms with van der Waals surface area (Å²) in [6.07, 6.45) is 6.74. The normalized spacial score (nSPS) is 17.8. The number of hydrogen-bond acceptors (Lipinski definition) is 5. The Balaban J connectivity index is 1.59. The highest BCUT2D eigenvalue weighted by atomic mass is 32.2. The maximum absolute atomic E-state index is 13.3. The van der Waals surface area contributed by atoms with Gasteiger partial charge in [0.25, 0.3) is 5.91 Å². The second-order valence-electron chi connectivity index (χ2n) is 7.31. The number of anilines is 1. The lowest BCUT2D eigenvalue weighted by Crippen LogP contribution is -2.32. The first-order valence-electron chi connectivity index (χ1n) is 9.41. The van der Waals surface area contributed by atoms with E-state index < -0.39 is 15.9 Å².